The lowest BCUT2D eigenvalue weighted by atomic mass is 9.77. The summed E-state index contributed by atoms with van der Waals surface area (Å²) in [5, 5.41) is 4.31. The van der Waals surface area contributed by atoms with Gasteiger partial charge >= 0.3 is 0 Å². The fourth-order valence-electron chi connectivity index (χ4n) is 4.57. The van der Waals surface area contributed by atoms with Crippen molar-refractivity contribution < 1.29 is 12.8 Å². The Balaban J connectivity index is 1.51. The summed E-state index contributed by atoms with van der Waals surface area (Å²) in [6, 6.07) is 15.8. The van der Waals surface area contributed by atoms with Crippen LogP contribution >= 0.6 is 23.2 Å². The Morgan fingerprint density at radius 1 is 1.03 bits per heavy atom. The zero-order valence-electron chi connectivity index (χ0n) is 16.7. The van der Waals surface area contributed by atoms with E-state index in [0.717, 1.165) is 17.7 Å². The second-order valence-electron chi connectivity index (χ2n) is 7.97. The van der Waals surface area contributed by atoms with Crippen molar-refractivity contribution in [3.05, 3.63) is 99.8 Å². The van der Waals surface area contributed by atoms with Crippen molar-refractivity contribution in [1.82, 2.24) is 0 Å². The third-order valence-corrected chi connectivity index (χ3v) is 8.01. The summed E-state index contributed by atoms with van der Waals surface area (Å²) in [5.74, 6) is -0.368. The van der Waals surface area contributed by atoms with Crippen LogP contribution in [0.5, 0.6) is 0 Å². The van der Waals surface area contributed by atoms with Crippen LogP contribution < -0.4 is 10.0 Å². The largest absolute Gasteiger partial charge is 0.378 e. The van der Waals surface area contributed by atoms with E-state index in [9.17, 15) is 12.8 Å². The van der Waals surface area contributed by atoms with E-state index >= 15 is 0 Å². The van der Waals surface area contributed by atoms with Crippen LogP contribution in [0, 0.1) is 11.7 Å². The Kier molecular flexibility index (Phi) is 5.40. The summed E-state index contributed by atoms with van der Waals surface area (Å²) in [4.78, 5) is 0.162. The Labute approximate surface area is 196 Å². The molecule has 0 saturated carbocycles. The summed E-state index contributed by atoms with van der Waals surface area (Å²) in [5.41, 5.74) is 2.51. The molecule has 1 aliphatic heterocycles. The van der Waals surface area contributed by atoms with Gasteiger partial charge in [0.1, 0.15) is 5.82 Å². The second kappa shape index (κ2) is 8.10. The summed E-state index contributed by atoms with van der Waals surface area (Å²) < 4.78 is 43.2. The van der Waals surface area contributed by atoms with Gasteiger partial charge in [-0.1, -0.05) is 41.4 Å². The highest BCUT2D eigenvalue weighted by Crippen LogP contribution is 2.51. The van der Waals surface area contributed by atoms with E-state index in [4.69, 9.17) is 23.2 Å². The Bertz CT molecular complexity index is 1310. The van der Waals surface area contributed by atoms with Crippen molar-refractivity contribution in [2.75, 3.05) is 10.0 Å². The first-order valence-corrected chi connectivity index (χ1v) is 12.4. The maximum Gasteiger partial charge on any atom is 0.261 e. The van der Waals surface area contributed by atoms with Crippen molar-refractivity contribution in [3.8, 4) is 0 Å². The smallest absolute Gasteiger partial charge is 0.261 e. The molecule has 2 aliphatic rings. The molecule has 3 aromatic rings. The lowest BCUT2D eigenvalue weighted by molar-refractivity contribution is 0.413. The molecule has 164 valence electrons. The molecule has 8 heteroatoms. The molecule has 2 N–H and O–H groups in total. The van der Waals surface area contributed by atoms with Crippen LogP contribution in [0.3, 0.4) is 0 Å². The number of rotatable bonds is 4. The molecule has 0 spiro atoms. The molecular weight excluding hydrogens is 470 g/mol. The highest BCUT2D eigenvalue weighted by Gasteiger charge is 2.40. The molecule has 3 atom stereocenters. The molecule has 0 aromatic heterocycles. The van der Waals surface area contributed by atoms with Gasteiger partial charge in [-0.25, -0.2) is 12.8 Å². The third-order valence-electron chi connectivity index (χ3n) is 6.05. The number of sulfonamides is 1. The summed E-state index contributed by atoms with van der Waals surface area (Å²) in [6.07, 6.45) is 4.86. The average molecular weight is 489 g/mol. The van der Waals surface area contributed by atoms with Gasteiger partial charge in [-0.3, -0.25) is 4.72 Å². The van der Waals surface area contributed by atoms with E-state index in [1.807, 2.05) is 0 Å². The number of benzene rings is 3. The van der Waals surface area contributed by atoms with E-state index in [2.05, 4.69) is 22.2 Å². The minimum atomic E-state index is -3.79. The lowest BCUT2D eigenvalue weighted by Crippen LogP contribution is -2.30. The molecule has 0 unspecified atom stereocenters. The fourth-order valence-corrected chi connectivity index (χ4v) is 6.07. The first kappa shape index (κ1) is 21.3. The maximum absolute atomic E-state index is 14.7. The molecule has 0 bridgehead atoms. The van der Waals surface area contributed by atoms with Crippen LogP contribution in [0.4, 0.5) is 15.8 Å². The Hall–Kier alpha value is -2.54. The number of anilines is 2. The predicted octanol–water partition coefficient (Wildman–Crippen LogP) is 6.76. The average Bonchev–Trinajstić information content (AvgIpc) is 3.25. The standard InChI is InChI=1S/C24H19Cl2FN2O2S/c25-14-7-9-15(10-8-14)29-32(30,31)16-11-12-22-19(13-16)17-3-1-4-18(17)24(28-22)23-20(26)5-2-6-21(23)27/h1-3,5-13,17-18,24,28-29H,4H2/t17-,18+,24-/m0/s1. The first-order valence-electron chi connectivity index (χ1n) is 10.1. The van der Waals surface area contributed by atoms with Gasteiger partial charge in [-0.2, -0.15) is 0 Å². The summed E-state index contributed by atoms with van der Waals surface area (Å²) in [7, 11) is -3.79. The van der Waals surface area contributed by atoms with Crippen LogP contribution in [-0.4, -0.2) is 8.42 Å². The molecule has 1 aliphatic carbocycles. The Morgan fingerprint density at radius 3 is 2.56 bits per heavy atom. The molecule has 0 amide bonds. The zero-order valence-corrected chi connectivity index (χ0v) is 19.1. The Morgan fingerprint density at radius 2 is 1.81 bits per heavy atom. The van der Waals surface area contributed by atoms with E-state index in [1.165, 1.54) is 6.07 Å². The number of allylic oxidation sites excluding steroid dienone is 2. The molecule has 0 saturated heterocycles. The number of halogens is 3. The minimum Gasteiger partial charge on any atom is -0.378 e. The molecule has 3 aromatic carbocycles. The van der Waals surface area contributed by atoms with Gasteiger partial charge in [0.15, 0.2) is 0 Å². The van der Waals surface area contributed by atoms with Gasteiger partial charge in [-0.05, 0) is 72.5 Å². The normalized spacial score (nSPS) is 21.5. The quantitative estimate of drug-likeness (QED) is 0.398. The van der Waals surface area contributed by atoms with Gasteiger partial charge in [0.2, 0.25) is 0 Å². The van der Waals surface area contributed by atoms with Gasteiger partial charge < -0.3 is 5.32 Å². The molecule has 32 heavy (non-hydrogen) atoms. The van der Waals surface area contributed by atoms with E-state index < -0.39 is 10.0 Å². The van der Waals surface area contributed by atoms with Gasteiger partial charge in [0, 0.05) is 32.9 Å². The number of hydrogen-bond acceptors (Lipinski definition) is 3. The first-order chi connectivity index (χ1) is 15.3. The van der Waals surface area contributed by atoms with Crippen molar-refractivity contribution >= 4 is 44.6 Å². The molecule has 0 fully saturated rings. The predicted molar refractivity (Wildman–Crippen MR) is 126 cm³/mol. The number of nitrogens with one attached hydrogen (secondary N) is 2. The van der Waals surface area contributed by atoms with Crippen LogP contribution in [0.2, 0.25) is 10.0 Å². The van der Waals surface area contributed by atoms with E-state index in [-0.39, 0.29) is 28.6 Å². The highest BCUT2D eigenvalue weighted by atomic mass is 35.5. The SMILES string of the molecule is O=S(=O)(Nc1ccc(Cl)cc1)c1ccc2c(c1)[C@H]1C=CC[C@H]1[C@@H](c1c(F)cccc1Cl)N2. The third kappa shape index (κ3) is 3.76. The minimum absolute atomic E-state index is 0.0269. The van der Waals surface area contributed by atoms with Crippen molar-refractivity contribution in [2.45, 2.75) is 23.3 Å². The number of hydrogen-bond donors (Lipinski definition) is 2. The molecule has 0 radical (unpaired) electrons. The van der Waals surface area contributed by atoms with Gasteiger partial charge in [0.25, 0.3) is 10.0 Å². The van der Waals surface area contributed by atoms with Crippen molar-refractivity contribution in [1.29, 1.82) is 0 Å². The molecular formula is C24H19Cl2FN2O2S. The van der Waals surface area contributed by atoms with Crippen LogP contribution in [-0.2, 0) is 10.0 Å². The second-order valence-corrected chi connectivity index (χ2v) is 10.5. The maximum atomic E-state index is 14.7. The van der Waals surface area contributed by atoms with Crippen LogP contribution in [0.15, 0.2) is 77.7 Å². The lowest BCUT2D eigenvalue weighted by Gasteiger charge is -2.38. The van der Waals surface area contributed by atoms with Gasteiger partial charge in [-0.15, -0.1) is 0 Å². The molecule has 5 rings (SSSR count). The highest BCUT2D eigenvalue weighted by molar-refractivity contribution is 7.92. The van der Waals surface area contributed by atoms with Crippen molar-refractivity contribution in [3.63, 3.8) is 0 Å². The zero-order chi connectivity index (χ0) is 22.5. The fraction of sp³-hybridized carbons (Fsp3) is 0.167. The number of fused-ring (bicyclic) bond motifs is 3. The van der Waals surface area contributed by atoms with E-state index in [0.29, 0.717) is 21.3 Å². The van der Waals surface area contributed by atoms with Gasteiger partial charge in [0.05, 0.1) is 10.9 Å². The monoisotopic (exact) mass is 488 g/mol. The van der Waals surface area contributed by atoms with Crippen LogP contribution in [0.25, 0.3) is 0 Å². The van der Waals surface area contributed by atoms with Crippen molar-refractivity contribution in [2.24, 2.45) is 5.92 Å². The topological polar surface area (TPSA) is 58.2 Å². The molecule has 4 nitrogen and oxygen atoms in total. The summed E-state index contributed by atoms with van der Waals surface area (Å²) in [6.45, 7) is 0. The van der Waals surface area contributed by atoms with E-state index in [1.54, 1.807) is 54.6 Å². The molecule has 1 heterocycles. The van der Waals surface area contributed by atoms with Crippen LogP contribution in [0.1, 0.15) is 29.5 Å². The summed E-state index contributed by atoms with van der Waals surface area (Å²) >= 11 is 12.2.